The van der Waals surface area contributed by atoms with Gasteiger partial charge >= 0.3 is 0 Å². The summed E-state index contributed by atoms with van der Waals surface area (Å²) in [6.07, 6.45) is 2.88. The summed E-state index contributed by atoms with van der Waals surface area (Å²) >= 11 is 1.47. The molecule has 0 radical (unpaired) electrons. The number of thiophene rings is 1. The first kappa shape index (κ1) is 17.6. The first-order chi connectivity index (χ1) is 13.0. The molecular formula is C20H20N4O2S. The number of carbonyl (C=O) groups excluding carboxylic acids is 1. The second-order valence-electron chi connectivity index (χ2n) is 6.76. The summed E-state index contributed by atoms with van der Waals surface area (Å²) < 4.78 is 0. The van der Waals surface area contributed by atoms with Crippen molar-refractivity contribution < 1.29 is 4.79 Å². The van der Waals surface area contributed by atoms with Gasteiger partial charge in [-0.3, -0.25) is 9.59 Å². The molecule has 7 heteroatoms. The van der Waals surface area contributed by atoms with Gasteiger partial charge in [-0.25, -0.2) is 10.4 Å². The number of aromatic nitrogens is 2. The first-order valence-corrected chi connectivity index (χ1v) is 9.77. The van der Waals surface area contributed by atoms with Crippen molar-refractivity contribution in [3.8, 4) is 0 Å². The highest BCUT2D eigenvalue weighted by Gasteiger charge is 2.16. The predicted molar refractivity (Wildman–Crippen MR) is 107 cm³/mol. The van der Waals surface area contributed by atoms with Crippen LogP contribution in [0.5, 0.6) is 0 Å². The van der Waals surface area contributed by atoms with Crippen LogP contribution in [0.2, 0.25) is 0 Å². The first-order valence-electron chi connectivity index (χ1n) is 8.95. The summed E-state index contributed by atoms with van der Waals surface area (Å²) in [5, 5.41) is 4.94. The quantitative estimate of drug-likeness (QED) is 0.685. The lowest BCUT2D eigenvalue weighted by atomic mass is 9.90. The number of hydrogen-bond donors (Lipinski definition) is 2. The summed E-state index contributed by atoms with van der Waals surface area (Å²) in [6, 6.07) is 8.14. The van der Waals surface area contributed by atoms with Gasteiger partial charge < -0.3 is 4.98 Å². The normalized spacial score (nSPS) is 15.1. The number of amides is 1. The van der Waals surface area contributed by atoms with Crippen molar-refractivity contribution in [1.29, 1.82) is 0 Å². The summed E-state index contributed by atoms with van der Waals surface area (Å²) in [6.45, 7) is 3.88. The number of nitrogens with one attached hydrogen (secondary N) is 2. The second-order valence-corrected chi connectivity index (χ2v) is 7.96. The molecule has 0 saturated heterocycles. The zero-order chi connectivity index (χ0) is 19.0. The molecule has 2 heterocycles. The van der Waals surface area contributed by atoms with E-state index in [9.17, 15) is 9.59 Å². The minimum atomic E-state index is -0.293. The van der Waals surface area contributed by atoms with E-state index < -0.39 is 0 Å². The number of aromatic amines is 1. The van der Waals surface area contributed by atoms with Gasteiger partial charge in [0.15, 0.2) is 0 Å². The Morgan fingerprint density at radius 1 is 1.30 bits per heavy atom. The molecule has 2 N–H and O–H groups in total. The molecule has 0 spiro atoms. The molecular weight excluding hydrogens is 360 g/mol. The van der Waals surface area contributed by atoms with Crippen molar-refractivity contribution in [2.45, 2.75) is 39.5 Å². The molecule has 1 amide bonds. The number of nitrogens with zero attached hydrogens (tertiary/aromatic N) is 2. The maximum atomic E-state index is 12.3. The zero-order valence-electron chi connectivity index (χ0n) is 15.3. The number of benzene rings is 1. The average molecular weight is 380 g/mol. The van der Waals surface area contributed by atoms with Crippen LogP contribution in [0.4, 0.5) is 0 Å². The molecule has 6 nitrogen and oxygen atoms in total. The fourth-order valence-electron chi connectivity index (χ4n) is 3.42. The molecule has 1 aliphatic carbocycles. The van der Waals surface area contributed by atoms with Crippen molar-refractivity contribution in [3.05, 3.63) is 62.0 Å². The van der Waals surface area contributed by atoms with E-state index in [0.29, 0.717) is 16.0 Å². The fraction of sp³-hybridized carbons (Fsp3) is 0.300. The van der Waals surface area contributed by atoms with Gasteiger partial charge in [0.05, 0.1) is 17.5 Å². The van der Waals surface area contributed by atoms with Gasteiger partial charge in [-0.1, -0.05) is 24.3 Å². The van der Waals surface area contributed by atoms with E-state index in [-0.39, 0.29) is 17.9 Å². The highest BCUT2D eigenvalue weighted by atomic mass is 32.1. The summed E-state index contributed by atoms with van der Waals surface area (Å²) in [5.41, 5.74) is 6.62. The Bertz CT molecular complexity index is 1130. The molecule has 0 bridgehead atoms. The van der Waals surface area contributed by atoms with E-state index in [1.54, 1.807) is 0 Å². The van der Waals surface area contributed by atoms with E-state index in [2.05, 4.69) is 26.6 Å². The van der Waals surface area contributed by atoms with E-state index >= 15 is 0 Å². The molecule has 1 aromatic carbocycles. The minimum Gasteiger partial charge on any atom is -0.309 e. The third-order valence-corrected chi connectivity index (χ3v) is 6.02. The van der Waals surface area contributed by atoms with Crippen molar-refractivity contribution in [2.24, 2.45) is 5.10 Å². The smallest absolute Gasteiger partial charge is 0.259 e. The maximum absolute atomic E-state index is 12.3. The fourth-order valence-corrected chi connectivity index (χ4v) is 4.47. The Kier molecular flexibility index (Phi) is 4.61. The largest absolute Gasteiger partial charge is 0.309 e. The Morgan fingerprint density at radius 3 is 2.96 bits per heavy atom. The van der Waals surface area contributed by atoms with Crippen LogP contribution >= 0.6 is 11.3 Å². The van der Waals surface area contributed by atoms with Gasteiger partial charge in [0.1, 0.15) is 10.7 Å². The van der Waals surface area contributed by atoms with Crippen LogP contribution < -0.4 is 11.0 Å². The maximum Gasteiger partial charge on any atom is 0.259 e. The zero-order valence-corrected chi connectivity index (χ0v) is 16.1. The van der Waals surface area contributed by atoms with E-state index in [4.69, 9.17) is 0 Å². The van der Waals surface area contributed by atoms with Crippen LogP contribution in [-0.4, -0.2) is 21.6 Å². The third-order valence-electron chi connectivity index (χ3n) is 4.92. The third kappa shape index (κ3) is 3.42. The lowest BCUT2D eigenvalue weighted by Gasteiger charge is -2.17. The van der Waals surface area contributed by atoms with Gasteiger partial charge in [-0.05, 0) is 44.2 Å². The van der Waals surface area contributed by atoms with Crippen molar-refractivity contribution in [1.82, 2.24) is 15.4 Å². The number of H-pyrrole nitrogens is 1. The van der Waals surface area contributed by atoms with E-state index in [1.165, 1.54) is 16.9 Å². The summed E-state index contributed by atoms with van der Waals surface area (Å²) in [7, 11) is 0. The molecule has 27 heavy (non-hydrogen) atoms. The lowest BCUT2D eigenvalue weighted by Crippen LogP contribution is -2.25. The molecule has 0 fully saturated rings. The van der Waals surface area contributed by atoms with Gasteiger partial charge in [0, 0.05) is 10.4 Å². The van der Waals surface area contributed by atoms with Crippen LogP contribution in [-0.2, 0) is 17.6 Å². The number of hydrogen-bond acceptors (Lipinski definition) is 5. The summed E-state index contributed by atoms with van der Waals surface area (Å²) in [4.78, 5) is 33.5. The minimum absolute atomic E-state index is 0.0143. The molecule has 0 atom stereocenters. The van der Waals surface area contributed by atoms with Gasteiger partial charge in [0.2, 0.25) is 5.91 Å². The highest BCUT2D eigenvalue weighted by Crippen LogP contribution is 2.25. The van der Waals surface area contributed by atoms with Gasteiger partial charge in [-0.2, -0.15) is 5.10 Å². The van der Waals surface area contributed by atoms with Crippen molar-refractivity contribution in [2.75, 3.05) is 0 Å². The number of aryl methyl sites for hydroxylation is 3. The van der Waals surface area contributed by atoms with Gasteiger partial charge in [0.25, 0.3) is 5.56 Å². The number of carbonyl (C=O) groups is 1. The summed E-state index contributed by atoms with van der Waals surface area (Å²) in [5.74, 6) is 0.0635. The van der Waals surface area contributed by atoms with E-state index in [1.807, 2.05) is 32.0 Å². The van der Waals surface area contributed by atoms with Crippen LogP contribution in [0.1, 0.15) is 40.2 Å². The van der Waals surface area contributed by atoms with Crippen LogP contribution in [0.15, 0.2) is 34.2 Å². The Morgan fingerprint density at radius 2 is 2.11 bits per heavy atom. The average Bonchev–Trinajstić information content (AvgIpc) is 2.94. The van der Waals surface area contributed by atoms with Crippen LogP contribution in [0.25, 0.3) is 10.2 Å². The molecule has 2 aromatic heterocycles. The number of fused-ring (bicyclic) bond motifs is 2. The van der Waals surface area contributed by atoms with Crippen molar-refractivity contribution >= 4 is 33.2 Å². The molecule has 3 aromatic rings. The molecule has 0 unspecified atom stereocenters. The molecule has 1 aliphatic rings. The number of rotatable bonds is 3. The van der Waals surface area contributed by atoms with Crippen LogP contribution in [0.3, 0.4) is 0 Å². The standard InChI is InChI=1S/C20H20N4O2S/c1-11-12(2)27-20-18(11)19(26)21-16(22-20)10-17(25)24-23-15-9-5-7-13-6-3-4-8-14(13)15/h3-4,6,8H,5,7,9-10H2,1-2H3,(H,24,25)(H,21,22,26). The lowest BCUT2D eigenvalue weighted by molar-refractivity contribution is -0.120. The van der Waals surface area contributed by atoms with Crippen LogP contribution in [0, 0.1) is 13.8 Å². The Balaban J connectivity index is 1.52. The second kappa shape index (κ2) is 7.08. The Labute approximate surface area is 160 Å². The van der Waals surface area contributed by atoms with Gasteiger partial charge in [-0.15, -0.1) is 11.3 Å². The monoisotopic (exact) mass is 380 g/mol. The molecule has 4 rings (SSSR count). The number of hydrazone groups is 1. The Hall–Kier alpha value is -2.80. The van der Waals surface area contributed by atoms with E-state index in [0.717, 1.165) is 41.0 Å². The highest BCUT2D eigenvalue weighted by molar-refractivity contribution is 7.18. The molecule has 0 aliphatic heterocycles. The predicted octanol–water partition coefficient (Wildman–Crippen LogP) is 3.00. The topological polar surface area (TPSA) is 87.2 Å². The SMILES string of the molecule is Cc1sc2nc(CC(=O)NN=C3CCCc4ccccc43)[nH]c(=O)c2c1C. The van der Waals surface area contributed by atoms with Crippen molar-refractivity contribution in [3.63, 3.8) is 0 Å². The molecule has 138 valence electrons. The molecule has 0 saturated carbocycles.